The lowest BCUT2D eigenvalue weighted by atomic mass is 10.3. The molecule has 0 atom stereocenters. The second kappa shape index (κ2) is 7.87. The van der Waals surface area contributed by atoms with Crippen molar-refractivity contribution < 1.29 is 9.53 Å². The highest BCUT2D eigenvalue weighted by atomic mass is 16.5. The Kier molecular flexibility index (Phi) is 5.16. The van der Waals surface area contributed by atoms with Crippen molar-refractivity contribution in [3.63, 3.8) is 0 Å². The summed E-state index contributed by atoms with van der Waals surface area (Å²) in [6, 6.07) is 12.9. The van der Waals surface area contributed by atoms with E-state index in [-0.39, 0.29) is 5.91 Å². The summed E-state index contributed by atoms with van der Waals surface area (Å²) in [4.78, 5) is 24.6. The molecule has 0 aliphatic carbocycles. The predicted molar refractivity (Wildman–Crippen MR) is 93.7 cm³/mol. The Morgan fingerprint density at radius 1 is 1.04 bits per heavy atom. The van der Waals surface area contributed by atoms with Crippen LogP contribution in [0, 0.1) is 0 Å². The molecule has 0 fully saturated rings. The van der Waals surface area contributed by atoms with E-state index >= 15 is 0 Å². The summed E-state index contributed by atoms with van der Waals surface area (Å²) in [6.07, 6.45) is 4.64. The molecule has 3 rings (SSSR count). The molecule has 25 heavy (non-hydrogen) atoms. The SMILES string of the molecule is COc1ccc(Nc2ncc(C(=O)NCc3ccccn3)cn2)cc1. The van der Waals surface area contributed by atoms with Gasteiger partial charge in [0.15, 0.2) is 0 Å². The molecule has 0 saturated carbocycles. The summed E-state index contributed by atoms with van der Waals surface area (Å²) in [5.41, 5.74) is 2.00. The Morgan fingerprint density at radius 3 is 2.44 bits per heavy atom. The lowest BCUT2D eigenvalue weighted by Crippen LogP contribution is -2.23. The molecule has 0 saturated heterocycles. The lowest BCUT2D eigenvalue weighted by molar-refractivity contribution is 0.0949. The number of nitrogens with zero attached hydrogens (tertiary/aromatic N) is 3. The molecule has 7 heteroatoms. The molecule has 0 aliphatic rings. The number of hydrogen-bond acceptors (Lipinski definition) is 6. The fraction of sp³-hybridized carbons (Fsp3) is 0.111. The molecular formula is C18H17N5O2. The van der Waals surface area contributed by atoms with Crippen molar-refractivity contribution in [2.24, 2.45) is 0 Å². The minimum Gasteiger partial charge on any atom is -0.497 e. The molecule has 0 bridgehead atoms. The Bertz CT molecular complexity index is 820. The molecular weight excluding hydrogens is 318 g/mol. The van der Waals surface area contributed by atoms with E-state index in [2.05, 4.69) is 25.6 Å². The summed E-state index contributed by atoms with van der Waals surface area (Å²) in [7, 11) is 1.61. The molecule has 7 nitrogen and oxygen atoms in total. The van der Waals surface area contributed by atoms with Crippen molar-refractivity contribution in [2.45, 2.75) is 6.54 Å². The minimum absolute atomic E-state index is 0.248. The maximum absolute atomic E-state index is 12.1. The Hall–Kier alpha value is -3.48. The molecule has 2 aromatic heterocycles. The summed E-state index contributed by atoms with van der Waals surface area (Å²) >= 11 is 0. The molecule has 1 amide bonds. The number of nitrogens with one attached hydrogen (secondary N) is 2. The van der Waals surface area contributed by atoms with E-state index < -0.39 is 0 Å². The average molecular weight is 335 g/mol. The van der Waals surface area contributed by atoms with Crippen molar-refractivity contribution in [3.05, 3.63) is 72.3 Å². The van der Waals surface area contributed by atoms with Crippen LogP contribution in [-0.2, 0) is 6.54 Å². The minimum atomic E-state index is -0.248. The van der Waals surface area contributed by atoms with Crippen LogP contribution < -0.4 is 15.4 Å². The van der Waals surface area contributed by atoms with E-state index in [1.807, 2.05) is 42.5 Å². The van der Waals surface area contributed by atoms with Crippen molar-refractivity contribution in [3.8, 4) is 5.75 Å². The van der Waals surface area contributed by atoms with Crippen molar-refractivity contribution in [2.75, 3.05) is 12.4 Å². The van der Waals surface area contributed by atoms with Gasteiger partial charge in [-0.1, -0.05) is 6.07 Å². The van der Waals surface area contributed by atoms with Gasteiger partial charge in [0, 0.05) is 24.3 Å². The first-order valence-electron chi connectivity index (χ1n) is 7.66. The lowest BCUT2D eigenvalue weighted by Gasteiger charge is -2.07. The molecule has 0 radical (unpaired) electrons. The molecule has 0 spiro atoms. The normalized spacial score (nSPS) is 10.1. The van der Waals surface area contributed by atoms with Gasteiger partial charge in [-0.15, -0.1) is 0 Å². The average Bonchev–Trinajstić information content (AvgIpc) is 2.68. The second-order valence-electron chi connectivity index (χ2n) is 5.15. The number of pyridine rings is 1. The Balaban J connectivity index is 1.58. The van der Waals surface area contributed by atoms with Crippen LogP contribution in [0.2, 0.25) is 0 Å². The Morgan fingerprint density at radius 2 is 1.80 bits per heavy atom. The first-order valence-corrected chi connectivity index (χ1v) is 7.66. The highest BCUT2D eigenvalue weighted by Gasteiger charge is 2.07. The quantitative estimate of drug-likeness (QED) is 0.720. The van der Waals surface area contributed by atoms with Gasteiger partial charge in [-0.25, -0.2) is 9.97 Å². The van der Waals surface area contributed by atoms with E-state index in [9.17, 15) is 4.79 Å². The molecule has 2 N–H and O–H groups in total. The standard InChI is InChI=1S/C18H17N5O2/c1-25-16-7-5-14(6-8-16)23-18-21-10-13(11-22-18)17(24)20-12-15-4-2-3-9-19-15/h2-11H,12H2,1H3,(H,20,24)(H,21,22,23). The summed E-state index contributed by atoms with van der Waals surface area (Å²) in [5.74, 6) is 0.930. The maximum Gasteiger partial charge on any atom is 0.254 e. The molecule has 2 heterocycles. The van der Waals surface area contributed by atoms with Gasteiger partial charge >= 0.3 is 0 Å². The van der Waals surface area contributed by atoms with Gasteiger partial charge in [0.25, 0.3) is 5.91 Å². The van der Waals surface area contributed by atoms with Crippen molar-refractivity contribution in [1.29, 1.82) is 0 Å². The van der Waals surface area contributed by atoms with Crippen LogP contribution in [0.25, 0.3) is 0 Å². The zero-order valence-corrected chi connectivity index (χ0v) is 13.6. The number of carbonyl (C=O) groups is 1. The number of ether oxygens (including phenoxy) is 1. The molecule has 0 aliphatic heterocycles. The highest BCUT2D eigenvalue weighted by Crippen LogP contribution is 2.17. The summed E-state index contributed by atoms with van der Waals surface area (Å²) < 4.78 is 5.11. The third kappa shape index (κ3) is 4.51. The topological polar surface area (TPSA) is 89.0 Å². The zero-order chi connectivity index (χ0) is 17.5. The molecule has 126 valence electrons. The van der Waals surface area contributed by atoms with Crippen LogP contribution in [-0.4, -0.2) is 28.0 Å². The van der Waals surface area contributed by atoms with Crippen LogP contribution in [0.1, 0.15) is 16.1 Å². The number of methoxy groups -OCH3 is 1. The van der Waals surface area contributed by atoms with Crippen LogP contribution in [0.15, 0.2) is 61.1 Å². The van der Waals surface area contributed by atoms with Crippen molar-refractivity contribution >= 4 is 17.5 Å². The monoisotopic (exact) mass is 335 g/mol. The van der Waals surface area contributed by atoms with E-state index in [1.165, 1.54) is 12.4 Å². The number of benzene rings is 1. The van der Waals surface area contributed by atoms with Gasteiger partial charge in [0.05, 0.1) is 24.9 Å². The highest BCUT2D eigenvalue weighted by molar-refractivity contribution is 5.93. The van der Waals surface area contributed by atoms with Gasteiger partial charge in [0.2, 0.25) is 5.95 Å². The van der Waals surface area contributed by atoms with Crippen molar-refractivity contribution in [1.82, 2.24) is 20.3 Å². The smallest absolute Gasteiger partial charge is 0.254 e. The van der Waals surface area contributed by atoms with E-state index in [0.717, 1.165) is 17.1 Å². The third-order valence-corrected chi connectivity index (χ3v) is 3.42. The zero-order valence-electron chi connectivity index (χ0n) is 13.6. The van der Waals surface area contributed by atoms with E-state index in [4.69, 9.17) is 4.74 Å². The fourth-order valence-electron chi connectivity index (χ4n) is 2.09. The van der Waals surface area contributed by atoms with Gasteiger partial charge in [-0.2, -0.15) is 0 Å². The predicted octanol–water partition coefficient (Wildman–Crippen LogP) is 2.55. The first-order chi connectivity index (χ1) is 12.2. The number of carbonyl (C=O) groups excluding carboxylic acids is 1. The number of aromatic nitrogens is 3. The summed E-state index contributed by atoms with van der Waals surface area (Å²) in [5, 5.41) is 5.84. The molecule has 3 aromatic rings. The van der Waals surface area contributed by atoms with Gasteiger partial charge < -0.3 is 15.4 Å². The van der Waals surface area contributed by atoms with Crippen LogP contribution in [0.3, 0.4) is 0 Å². The fourth-order valence-corrected chi connectivity index (χ4v) is 2.09. The first kappa shape index (κ1) is 16.4. The van der Waals surface area contributed by atoms with E-state index in [1.54, 1.807) is 13.3 Å². The number of amides is 1. The van der Waals surface area contributed by atoms with Crippen LogP contribution in [0.5, 0.6) is 5.75 Å². The van der Waals surface area contributed by atoms with E-state index in [0.29, 0.717) is 18.1 Å². The third-order valence-electron chi connectivity index (χ3n) is 3.42. The van der Waals surface area contributed by atoms with Crippen LogP contribution in [0.4, 0.5) is 11.6 Å². The summed E-state index contributed by atoms with van der Waals surface area (Å²) in [6.45, 7) is 0.353. The maximum atomic E-state index is 12.1. The molecule has 1 aromatic carbocycles. The molecule has 0 unspecified atom stereocenters. The van der Waals surface area contributed by atoms with Gasteiger partial charge in [-0.05, 0) is 36.4 Å². The second-order valence-corrected chi connectivity index (χ2v) is 5.15. The van der Waals surface area contributed by atoms with Crippen LogP contribution >= 0.6 is 0 Å². The van der Waals surface area contributed by atoms with Gasteiger partial charge in [0.1, 0.15) is 5.75 Å². The van der Waals surface area contributed by atoms with Gasteiger partial charge in [-0.3, -0.25) is 9.78 Å². The largest absolute Gasteiger partial charge is 0.497 e. The Labute approximate surface area is 145 Å². The number of rotatable bonds is 6. The number of anilines is 2. The number of hydrogen-bond donors (Lipinski definition) is 2.